The lowest BCUT2D eigenvalue weighted by molar-refractivity contribution is -0.117. The van der Waals surface area contributed by atoms with Gasteiger partial charge in [-0.25, -0.2) is 12.7 Å². The Kier molecular flexibility index (Phi) is 8.03. The third-order valence-corrected chi connectivity index (χ3v) is 5.11. The maximum absolute atomic E-state index is 12.2. The lowest BCUT2D eigenvalue weighted by atomic mass is 10.1. The summed E-state index contributed by atoms with van der Waals surface area (Å²) in [5.74, 6) is -0.311. The molecule has 0 fully saturated rings. The highest BCUT2D eigenvalue weighted by Gasteiger charge is 2.21. The molecule has 0 radical (unpaired) electrons. The highest BCUT2D eigenvalue weighted by molar-refractivity contribution is 7.89. The van der Waals surface area contributed by atoms with Crippen LogP contribution in [-0.2, 0) is 14.8 Å². The monoisotopic (exact) mass is 349 g/mol. The molecule has 0 aliphatic rings. The van der Waals surface area contributed by atoms with E-state index in [-0.39, 0.29) is 23.2 Å². The van der Waals surface area contributed by atoms with Crippen LogP contribution < -0.4 is 11.1 Å². The van der Waals surface area contributed by atoms with Gasteiger partial charge in [0.1, 0.15) is 0 Å². The summed E-state index contributed by atoms with van der Waals surface area (Å²) in [7, 11) is -0.607. The number of halogens is 1. The number of nitrogens with two attached hydrogens (primary N) is 1. The predicted octanol–water partition coefficient (Wildman–Crippen LogP) is 1.73. The topological polar surface area (TPSA) is 92.5 Å². The summed E-state index contributed by atoms with van der Waals surface area (Å²) in [4.78, 5) is 12.1. The number of nitrogens with zero attached hydrogens (tertiary/aromatic N) is 1. The van der Waals surface area contributed by atoms with Gasteiger partial charge in [-0.1, -0.05) is 19.4 Å². The molecule has 1 aromatic carbocycles. The van der Waals surface area contributed by atoms with Crippen molar-refractivity contribution in [3.8, 4) is 0 Å². The molecule has 0 spiro atoms. The van der Waals surface area contributed by atoms with Crippen LogP contribution in [0.3, 0.4) is 0 Å². The molecule has 0 aliphatic carbocycles. The molecule has 0 aliphatic heterocycles. The van der Waals surface area contributed by atoms with Crippen molar-refractivity contribution in [2.45, 2.75) is 37.6 Å². The van der Waals surface area contributed by atoms with Crippen LogP contribution in [-0.4, -0.2) is 38.8 Å². The normalized spacial score (nSPS) is 12.6. The van der Waals surface area contributed by atoms with E-state index in [1.54, 1.807) is 19.1 Å². The molecule has 3 N–H and O–H groups in total. The second kappa shape index (κ2) is 8.47. The van der Waals surface area contributed by atoms with Crippen LogP contribution in [0.2, 0.25) is 0 Å². The van der Waals surface area contributed by atoms with Crippen LogP contribution in [0.15, 0.2) is 23.1 Å². The molecule has 0 saturated heterocycles. The van der Waals surface area contributed by atoms with E-state index >= 15 is 0 Å². The van der Waals surface area contributed by atoms with Gasteiger partial charge in [0.15, 0.2) is 0 Å². The highest BCUT2D eigenvalue weighted by atomic mass is 35.5. The van der Waals surface area contributed by atoms with E-state index in [9.17, 15) is 13.2 Å². The lowest BCUT2D eigenvalue weighted by Gasteiger charge is -2.16. The number of hydrogen-bond donors (Lipinski definition) is 2. The predicted molar refractivity (Wildman–Crippen MR) is 90.8 cm³/mol. The van der Waals surface area contributed by atoms with Gasteiger partial charge in [-0.15, -0.1) is 12.4 Å². The number of aryl methyl sites for hydroxylation is 1. The number of carbonyl (C=O) groups excluding carboxylic acids is 1. The second-order valence-corrected chi connectivity index (χ2v) is 7.27. The van der Waals surface area contributed by atoms with Crippen LogP contribution in [0, 0.1) is 6.92 Å². The first-order valence-electron chi connectivity index (χ1n) is 6.79. The number of rotatable bonds is 6. The van der Waals surface area contributed by atoms with Gasteiger partial charge in [-0.05, 0) is 31.0 Å². The standard InChI is InChI=1S/C14H23N3O3S.ClH/c1-5-6-12(15)14(18)16-11-8-7-10(2)13(9-11)21(19,20)17(3)4;/h7-9,12H,5-6,15H2,1-4H3,(H,16,18);1H. The Balaban J connectivity index is 0.00000441. The zero-order chi connectivity index (χ0) is 16.2. The number of nitrogens with one attached hydrogen (secondary N) is 1. The lowest BCUT2D eigenvalue weighted by Crippen LogP contribution is -2.35. The van der Waals surface area contributed by atoms with Crippen molar-refractivity contribution in [2.24, 2.45) is 5.73 Å². The fourth-order valence-electron chi connectivity index (χ4n) is 1.83. The summed E-state index contributed by atoms with van der Waals surface area (Å²) in [6.45, 7) is 3.66. The molecule has 8 heteroatoms. The Morgan fingerprint density at radius 1 is 1.36 bits per heavy atom. The molecule has 1 unspecified atom stereocenters. The summed E-state index contributed by atoms with van der Waals surface area (Å²) in [6, 6.07) is 4.20. The van der Waals surface area contributed by atoms with Crippen molar-refractivity contribution in [1.82, 2.24) is 4.31 Å². The molecular formula is C14H24ClN3O3S. The van der Waals surface area contributed by atoms with E-state index < -0.39 is 16.1 Å². The van der Waals surface area contributed by atoms with Crippen LogP contribution >= 0.6 is 12.4 Å². The third kappa shape index (κ3) is 4.95. The zero-order valence-corrected chi connectivity index (χ0v) is 14.9. The van der Waals surface area contributed by atoms with Gasteiger partial charge in [0.2, 0.25) is 15.9 Å². The first-order valence-corrected chi connectivity index (χ1v) is 8.23. The molecule has 1 rings (SSSR count). The minimum absolute atomic E-state index is 0. The average Bonchev–Trinajstić information content (AvgIpc) is 2.40. The largest absolute Gasteiger partial charge is 0.325 e. The Hall–Kier alpha value is -1.15. The number of benzene rings is 1. The van der Waals surface area contributed by atoms with E-state index in [1.165, 1.54) is 20.2 Å². The van der Waals surface area contributed by atoms with Gasteiger partial charge in [-0.3, -0.25) is 4.79 Å². The van der Waals surface area contributed by atoms with Gasteiger partial charge in [0.25, 0.3) is 0 Å². The van der Waals surface area contributed by atoms with Gasteiger partial charge in [0, 0.05) is 19.8 Å². The number of carbonyl (C=O) groups is 1. The van der Waals surface area contributed by atoms with Crippen LogP contribution in [0.4, 0.5) is 5.69 Å². The molecule has 6 nitrogen and oxygen atoms in total. The molecule has 0 heterocycles. The minimum Gasteiger partial charge on any atom is -0.325 e. The van der Waals surface area contributed by atoms with E-state index in [1.807, 2.05) is 6.92 Å². The molecule has 22 heavy (non-hydrogen) atoms. The van der Waals surface area contributed by atoms with Crippen molar-refractivity contribution in [3.63, 3.8) is 0 Å². The van der Waals surface area contributed by atoms with Crippen LogP contribution in [0.1, 0.15) is 25.3 Å². The number of hydrogen-bond acceptors (Lipinski definition) is 4. The third-order valence-electron chi connectivity index (χ3n) is 3.15. The molecule has 0 aromatic heterocycles. The van der Waals surface area contributed by atoms with E-state index in [0.29, 0.717) is 17.7 Å². The fraction of sp³-hybridized carbons (Fsp3) is 0.500. The van der Waals surface area contributed by atoms with Crippen molar-refractivity contribution >= 4 is 34.0 Å². The molecule has 0 bridgehead atoms. The molecule has 0 saturated carbocycles. The fourth-order valence-corrected chi connectivity index (χ4v) is 2.97. The molecule has 1 amide bonds. The summed E-state index contributed by atoms with van der Waals surface area (Å²) in [5.41, 5.74) is 6.79. The number of anilines is 1. The first-order chi connectivity index (χ1) is 9.70. The SMILES string of the molecule is CCCC(N)C(=O)Nc1ccc(C)c(S(=O)(=O)N(C)C)c1.Cl. The quantitative estimate of drug-likeness (QED) is 0.818. The van der Waals surface area contributed by atoms with Crippen molar-refractivity contribution in [1.29, 1.82) is 0 Å². The van der Waals surface area contributed by atoms with Crippen molar-refractivity contribution in [3.05, 3.63) is 23.8 Å². The molecule has 1 atom stereocenters. The van der Waals surface area contributed by atoms with E-state index in [4.69, 9.17) is 5.73 Å². The zero-order valence-electron chi connectivity index (χ0n) is 13.3. The van der Waals surface area contributed by atoms with Crippen molar-refractivity contribution < 1.29 is 13.2 Å². The smallest absolute Gasteiger partial charge is 0.242 e. The minimum atomic E-state index is -3.55. The van der Waals surface area contributed by atoms with Crippen LogP contribution in [0.25, 0.3) is 0 Å². The van der Waals surface area contributed by atoms with Crippen molar-refractivity contribution in [2.75, 3.05) is 19.4 Å². The Labute approximate surface area is 138 Å². The summed E-state index contributed by atoms with van der Waals surface area (Å²) >= 11 is 0. The summed E-state index contributed by atoms with van der Waals surface area (Å²) in [5, 5.41) is 2.66. The summed E-state index contributed by atoms with van der Waals surface area (Å²) < 4.78 is 25.6. The molecule has 1 aromatic rings. The highest BCUT2D eigenvalue weighted by Crippen LogP contribution is 2.22. The Morgan fingerprint density at radius 2 is 1.95 bits per heavy atom. The van der Waals surface area contributed by atoms with Gasteiger partial charge in [-0.2, -0.15) is 0 Å². The van der Waals surface area contributed by atoms with Gasteiger partial charge >= 0.3 is 0 Å². The average molecular weight is 350 g/mol. The summed E-state index contributed by atoms with van der Waals surface area (Å²) in [6.07, 6.45) is 1.39. The van der Waals surface area contributed by atoms with Gasteiger partial charge < -0.3 is 11.1 Å². The first kappa shape index (κ1) is 20.9. The van der Waals surface area contributed by atoms with Crippen LogP contribution in [0.5, 0.6) is 0 Å². The van der Waals surface area contributed by atoms with E-state index in [0.717, 1.165) is 10.7 Å². The Bertz CT molecular complexity index is 618. The van der Waals surface area contributed by atoms with Gasteiger partial charge in [0.05, 0.1) is 10.9 Å². The maximum atomic E-state index is 12.2. The number of sulfonamides is 1. The molecular weight excluding hydrogens is 326 g/mol. The second-order valence-electron chi connectivity index (χ2n) is 5.15. The van der Waals surface area contributed by atoms with E-state index in [2.05, 4.69) is 5.32 Å². The number of amides is 1. The Morgan fingerprint density at radius 3 is 2.45 bits per heavy atom. The maximum Gasteiger partial charge on any atom is 0.242 e. The molecule has 126 valence electrons.